The molecule has 0 radical (unpaired) electrons. The summed E-state index contributed by atoms with van der Waals surface area (Å²) in [6.07, 6.45) is 1.70. The maximum absolute atomic E-state index is 12.3. The first-order valence-electron chi connectivity index (χ1n) is 7.30. The van der Waals surface area contributed by atoms with Crippen molar-refractivity contribution >= 4 is 29.5 Å². The van der Waals surface area contributed by atoms with Crippen LogP contribution in [0.15, 0.2) is 11.8 Å². The Morgan fingerprint density at radius 1 is 1.41 bits per heavy atom. The van der Waals surface area contributed by atoms with Crippen LogP contribution >= 0.6 is 11.8 Å². The molecule has 0 aromatic heterocycles. The molecule has 2 amide bonds. The molecular weight excluding hydrogens is 304 g/mol. The number of rotatable bonds is 3. The van der Waals surface area contributed by atoms with Crippen LogP contribution < -0.4 is 5.32 Å². The van der Waals surface area contributed by atoms with Gasteiger partial charge in [0, 0.05) is 11.7 Å². The normalized spacial score (nSPS) is 24.4. The summed E-state index contributed by atoms with van der Waals surface area (Å²) < 4.78 is 5.34. The summed E-state index contributed by atoms with van der Waals surface area (Å²) in [5.74, 6) is -0.497. The second-order valence-electron chi connectivity index (χ2n) is 6.66. The molecule has 1 fully saturated rings. The number of thioether (sulfide) groups is 1. The van der Waals surface area contributed by atoms with E-state index in [1.165, 1.54) is 16.7 Å². The Bertz CT molecular complexity index is 536. The zero-order chi connectivity index (χ0) is 16.7. The first kappa shape index (κ1) is 16.9. The maximum Gasteiger partial charge on any atom is 0.355 e. The number of carbonyl (C=O) groups is 3. The average molecular weight is 326 g/mol. The lowest BCUT2D eigenvalue weighted by Crippen LogP contribution is -2.70. The molecule has 0 bridgehead atoms. The molecule has 0 aromatic rings. The number of hydrogen-bond donors (Lipinski definition) is 1. The van der Waals surface area contributed by atoms with Gasteiger partial charge in [-0.3, -0.25) is 14.5 Å². The predicted octanol–water partition coefficient (Wildman–Crippen LogP) is 1.27. The van der Waals surface area contributed by atoms with Gasteiger partial charge >= 0.3 is 5.97 Å². The van der Waals surface area contributed by atoms with Gasteiger partial charge in [-0.2, -0.15) is 0 Å². The topological polar surface area (TPSA) is 75.7 Å². The first-order valence-corrected chi connectivity index (χ1v) is 8.35. The quantitative estimate of drug-likeness (QED) is 0.624. The molecule has 0 spiro atoms. The molecule has 1 saturated heterocycles. The van der Waals surface area contributed by atoms with Gasteiger partial charge in [0.25, 0.3) is 5.91 Å². The van der Waals surface area contributed by atoms with Gasteiger partial charge in [-0.05, 0) is 26.8 Å². The summed E-state index contributed by atoms with van der Waals surface area (Å²) in [7, 11) is 0. The summed E-state index contributed by atoms with van der Waals surface area (Å²) >= 11 is 1.52. The van der Waals surface area contributed by atoms with Crippen LogP contribution in [0.4, 0.5) is 0 Å². The fourth-order valence-electron chi connectivity index (χ4n) is 2.18. The van der Waals surface area contributed by atoms with Crippen LogP contribution in [0.3, 0.4) is 0 Å². The van der Waals surface area contributed by atoms with Crippen LogP contribution in [0.25, 0.3) is 0 Å². The number of esters is 1. The summed E-state index contributed by atoms with van der Waals surface area (Å²) in [5.41, 5.74) is -0.337. The molecule has 2 rings (SSSR count). The number of carbonyl (C=O) groups excluding carboxylic acids is 3. The van der Waals surface area contributed by atoms with Gasteiger partial charge < -0.3 is 10.1 Å². The van der Waals surface area contributed by atoms with Crippen LogP contribution in [0.2, 0.25) is 0 Å². The molecule has 1 N–H and O–H groups in total. The zero-order valence-electron chi connectivity index (χ0n) is 13.5. The number of nitrogens with zero attached hydrogens (tertiary/aromatic N) is 1. The summed E-state index contributed by atoms with van der Waals surface area (Å²) in [5, 5.41) is 2.51. The summed E-state index contributed by atoms with van der Waals surface area (Å²) in [6.45, 7) is 8.89. The molecule has 1 unspecified atom stereocenters. The van der Waals surface area contributed by atoms with E-state index in [-0.39, 0.29) is 28.8 Å². The lowest BCUT2D eigenvalue weighted by Gasteiger charge is -2.48. The van der Waals surface area contributed by atoms with Crippen LogP contribution in [0, 0.1) is 5.92 Å². The average Bonchev–Trinajstić information content (AvgIpc) is 2.41. The highest BCUT2D eigenvalue weighted by Crippen LogP contribution is 2.38. The van der Waals surface area contributed by atoms with E-state index in [0.717, 1.165) is 0 Å². The number of nitrogens with one attached hydrogen (secondary N) is 1. The van der Waals surface area contributed by atoms with Gasteiger partial charge in [0.1, 0.15) is 22.7 Å². The van der Waals surface area contributed by atoms with E-state index in [4.69, 9.17) is 4.74 Å². The molecule has 7 heteroatoms. The molecule has 2 atom stereocenters. The third-order valence-electron chi connectivity index (χ3n) is 3.28. The van der Waals surface area contributed by atoms with Gasteiger partial charge in [-0.15, -0.1) is 11.8 Å². The number of amides is 2. The summed E-state index contributed by atoms with van der Waals surface area (Å²) in [6, 6.07) is -0.564. The van der Waals surface area contributed by atoms with E-state index in [9.17, 15) is 14.4 Å². The van der Waals surface area contributed by atoms with E-state index in [2.05, 4.69) is 5.32 Å². The molecule has 2 aliphatic heterocycles. The molecule has 2 aliphatic rings. The Kier molecular flexibility index (Phi) is 4.56. The monoisotopic (exact) mass is 326 g/mol. The van der Waals surface area contributed by atoms with Crippen LogP contribution in [0.1, 0.15) is 34.6 Å². The fourth-order valence-corrected chi connectivity index (χ4v) is 3.37. The van der Waals surface area contributed by atoms with Gasteiger partial charge in [-0.1, -0.05) is 13.8 Å². The smallest absolute Gasteiger partial charge is 0.355 e. The second-order valence-corrected chi connectivity index (χ2v) is 7.81. The van der Waals surface area contributed by atoms with E-state index >= 15 is 0 Å². The molecule has 2 heterocycles. The lowest BCUT2D eigenvalue weighted by molar-refractivity contribution is -0.159. The second kappa shape index (κ2) is 5.95. The zero-order valence-corrected chi connectivity index (χ0v) is 14.3. The number of hydrogen-bond acceptors (Lipinski definition) is 5. The number of ether oxygens (including phenoxy) is 1. The number of fused-ring (bicyclic) bond motifs is 1. The third kappa shape index (κ3) is 3.29. The Balaban J connectivity index is 2.08. The van der Waals surface area contributed by atoms with Crippen molar-refractivity contribution in [2.24, 2.45) is 5.92 Å². The maximum atomic E-state index is 12.3. The Morgan fingerprint density at radius 3 is 2.59 bits per heavy atom. The summed E-state index contributed by atoms with van der Waals surface area (Å²) in [4.78, 5) is 37.7. The molecular formula is C15H22N2O4S. The number of β-lactam (4-membered cyclic amide) rings is 1. The highest BCUT2D eigenvalue weighted by molar-refractivity contribution is 8.00. The van der Waals surface area contributed by atoms with Gasteiger partial charge in [0.05, 0.1) is 0 Å². The van der Waals surface area contributed by atoms with Crippen molar-refractivity contribution in [3.8, 4) is 0 Å². The van der Waals surface area contributed by atoms with Crippen molar-refractivity contribution in [2.45, 2.75) is 51.6 Å². The molecule has 0 saturated carbocycles. The third-order valence-corrected chi connectivity index (χ3v) is 4.46. The molecule has 0 aliphatic carbocycles. The van der Waals surface area contributed by atoms with Crippen molar-refractivity contribution in [3.05, 3.63) is 11.8 Å². The minimum Gasteiger partial charge on any atom is -0.455 e. The van der Waals surface area contributed by atoms with Gasteiger partial charge in [0.2, 0.25) is 5.91 Å². The van der Waals surface area contributed by atoms with Crippen molar-refractivity contribution in [2.75, 3.05) is 5.75 Å². The van der Waals surface area contributed by atoms with Gasteiger partial charge in [-0.25, -0.2) is 4.79 Å². The first-order chi connectivity index (χ1) is 10.1. The standard InChI is InChI=1S/C15H22N2O4S/c1-8(2)11(18)16-10-12(19)17-9(6-7-22-13(10)17)14(20)21-15(3,4)5/h6,8,10,13H,7H2,1-5H3,(H,16,18)/t10?,13-/m0/s1. The Hall–Kier alpha value is -1.50. The minimum absolute atomic E-state index is 0.160. The van der Waals surface area contributed by atoms with E-state index < -0.39 is 17.6 Å². The molecule has 122 valence electrons. The van der Waals surface area contributed by atoms with E-state index in [1.807, 2.05) is 0 Å². The Morgan fingerprint density at radius 2 is 2.05 bits per heavy atom. The van der Waals surface area contributed by atoms with E-state index in [0.29, 0.717) is 5.75 Å². The van der Waals surface area contributed by atoms with Crippen LogP contribution in [-0.4, -0.2) is 45.5 Å². The molecule has 6 nitrogen and oxygen atoms in total. The highest BCUT2D eigenvalue weighted by atomic mass is 32.2. The van der Waals surface area contributed by atoms with Crippen molar-refractivity contribution < 1.29 is 19.1 Å². The SMILES string of the molecule is CC(C)C(=O)NC1C(=O)N2C(C(=O)OC(C)(C)C)=CCS[C@@H]12. The van der Waals surface area contributed by atoms with Crippen molar-refractivity contribution in [3.63, 3.8) is 0 Å². The Labute approximate surface area is 134 Å². The van der Waals surface area contributed by atoms with Crippen molar-refractivity contribution in [1.82, 2.24) is 10.2 Å². The van der Waals surface area contributed by atoms with Crippen LogP contribution in [-0.2, 0) is 19.1 Å². The van der Waals surface area contributed by atoms with Crippen LogP contribution in [0.5, 0.6) is 0 Å². The molecule has 22 heavy (non-hydrogen) atoms. The molecule has 0 aromatic carbocycles. The van der Waals surface area contributed by atoms with Gasteiger partial charge in [0.15, 0.2) is 0 Å². The van der Waals surface area contributed by atoms with Crippen molar-refractivity contribution in [1.29, 1.82) is 0 Å². The highest BCUT2D eigenvalue weighted by Gasteiger charge is 2.53. The fraction of sp³-hybridized carbons (Fsp3) is 0.667. The largest absolute Gasteiger partial charge is 0.455 e. The lowest BCUT2D eigenvalue weighted by atomic mass is 10.0. The minimum atomic E-state index is -0.614. The predicted molar refractivity (Wildman–Crippen MR) is 83.8 cm³/mol. The van der Waals surface area contributed by atoms with E-state index in [1.54, 1.807) is 40.7 Å².